The number of carbonyl (C=O) groups excluding carboxylic acids is 1. The minimum Gasteiger partial charge on any atom is -0.504 e. The Morgan fingerprint density at radius 3 is 2.38 bits per heavy atom. The number of aromatic hydroxyl groups is 1. The Morgan fingerprint density at radius 1 is 1.12 bits per heavy atom. The quantitative estimate of drug-likeness (QED) is 0.468. The Bertz CT molecular complexity index is 828. The van der Waals surface area contributed by atoms with E-state index < -0.39 is 11.7 Å². The zero-order valence-electron chi connectivity index (χ0n) is 19.0. The number of likely N-dealkylation sites (N-methyl/N-ethyl adjacent to an activating group) is 1. The van der Waals surface area contributed by atoms with E-state index in [0.29, 0.717) is 37.2 Å². The first-order valence-electron chi connectivity index (χ1n) is 10.4. The molecule has 2 aromatic carbocycles. The Labute approximate surface area is 194 Å². The molecule has 0 aromatic heterocycles. The Kier molecular flexibility index (Phi) is 13.7. The lowest BCUT2D eigenvalue weighted by Gasteiger charge is -2.13. The van der Waals surface area contributed by atoms with Gasteiger partial charge in [0.15, 0.2) is 11.5 Å². The van der Waals surface area contributed by atoms with Gasteiger partial charge in [0.05, 0.1) is 12.2 Å². The number of hydrogen-bond donors (Lipinski definition) is 2. The number of hydrogen-bond acceptors (Lipinski definition) is 4. The Morgan fingerprint density at radius 2 is 1.81 bits per heavy atom. The molecule has 1 unspecified atom stereocenters. The number of phenols is 1. The minimum absolute atomic E-state index is 0. The van der Waals surface area contributed by atoms with Gasteiger partial charge in [0.2, 0.25) is 0 Å². The van der Waals surface area contributed by atoms with Crippen molar-refractivity contribution >= 4 is 18.2 Å². The average molecular weight is 476 g/mol. The number of halogens is 4. The van der Waals surface area contributed by atoms with E-state index in [1.54, 1.807) is 31.2 Å². The highest BCUT2D eigenvalue weighted by Crippen LogP contribution is 2.30. The summed E-state index contributed by atoms with van der Waals surface area (Å²) in [5.41, 5.74) is 1.14. The monoisotopic (exact) mass is 475 g/mol. The highest BCUT2D eigenvalue weighted by molar-refractivity contribution is 5.85. The van der Waals surface area contributed by atoms with Crippen molar-refractivity contribution in [3.63, 3.8) is 0 Å². The molecule has 2 aromatic rings. The molecule has 2 rings (SSSR count). The van der Waals surface area contributed by atoms with Crippen LogP contribution in [0.1, 0.15) is 50.8 Å². The second-order valence-corrected chi connectivity index (χ2v) is 7.30. The fourth-order valence-electron chi connectivity index (χ4n) is 2.95. The molecular weight excluding hydrogens is 443 g/mol. The summed E-state index contributed by atoms with van der Waals surface area (Å²) in [6.45, 7) is 8.71. The predicted octanol–water partition coefficient (Wildman–Crippen LogP) is 5.98. The van der Waals surface area contributed by atoms with Crippen LogP contribution in [-0.4, -0.2) is 30.1 Å². The fraction of sp³-hybridized carbons (Fsp3) is 0.458. The number of ketones is 1. The summed E-state index contributed by atoms with van der Waals surface area (Å²) < 4.78 is 42.6. The van der Waals surface area contributed by atoms with Crippen molar-refractivity contribution in [1.82, 2.24) is 5.32 Å². The number of benzene rings is 2. The molecule has 0 fully saturated rings. The van der Waals surface area contributed by atoms with Crippen LogP contribution in [0.2, 0.25) is 0 Å². The third-order valence-corrected chi connectivity index (χ3v) is 4.44. The van der Waals surface area contributed by atoms with Crippen LogP contribution in [0.4, 0.5) is 13.2 Å². The number of Topliss-reactive ketones (excluding diaryl/α,β-unsaturated/α-hetero) is 1. The van der Waals surface area contributed by atoms with Crippen molar-refractivity contribution in [2.75, 3.05) is 13.2 Å². The summed E-state index contributed by atoms with van der Waals surface area (Å²) in [6.07, 6.45) is -2.43. The van der Waals surface area contributed by atoms with E-state index >= 15 is 0 Å². The number of aryl methyl sites for hydroxylation is 1. The molecule has 0 bridgehead atoms. The first-order valence-corrected chi connectivity index (χ1v) is 10.4. The summed E-state index contributed by atoms with van der Waals surface area (Å²) in [4.78, 5) is 10.8. The molecule has 4 nitrogen and oxygen atoms in total. The minimum atomic E-state index is -4.25. The van der Waals surface area contributed by atoms with E-state index in [-0.39, 0.29) is 30.0 Å². The van der Waals surface area contributed by atoms with Crippen LogP contribution in [0, 0.1) is 0 Å². The molecule has 0 aliphatic carbocycles. The van der Waals surface area contributed by atoms with E-state index in [4.69, 9.17) is 4.74 Å². The molecule has 32 heavy (non-hydrogen) atoms. The molecule has 0 heterocycles. The van der Waals surface area contributed by atoms with Gasteiger partial charge in [-0.25, -0.2) is 0 Å². The number of nitrogens with one attached hydrogen (secondary N) is 1. The van der Waals surface area contributed by atoms with Gasteiger partial charge in [-0.05, 0) is 69.5 Å². The smallest absolute Gasteiger partial charge is 0.416 e. The van der Waals surface area contributed by atoms with E-state index in [0.717, 1.165) is 18.2 Å². The molecule has 8 heteroatoms. The van der Waals surface area contributed by atoms with Gasteiger partial charge in [0.25, 0.3) is 0 Å². The van der Waals surface area contributed by atoms with Crippen molar-refractivity contribution < 1.29 is 27.8 Å². The van der Waals surface area contributed by atoms with Crippen LogP contribution in [0.5, 0.6) is 11.5 Å². The van der Waals surface area contributed by atoms with E-state index in [1.807, 2.05) is 20.8 Å². The highest BCUT2D eigenvalue weighted by atomic mass is 35.5. The van der Waals surface area contributed by atoms with Gasteiger partial charge in [-0.1, -0.05) is 31.2 Å². The average Bonchev–Trinajstić information content (AvgIpc) is 2.69. The molecule has 0 aliphatic rings. The van der Waals surface area contributed by atoms with Crippen LogP contribution < -0.4 is 10.1 Å². The zero-order chi connectivity index (χ0) is 23.4. The first-order chi connectivity index (χ1) is 14.6. The molecule has 0 radical (unpaired) electrons. The van der Waals surface area contributed by atoms with Crippen LogP contribution >= 0.6 is 12.4 Å². The van der Waals surface area contributed by atoms with Gasteiger partial charge in [0, 0.05) is 12.5 Å². The predicted molar refractivity (Wildman–Crippen MR) is 124 cm³/mol. The summed E-state index contributed by atoms with van der Waals surface area (Å²) >= 11 is 0. The molecule has 180 valence electrons. The standard InChI is InChI=1S/C12H16F3N.C12H16O3.ClH/c1-3-16-9(2)7-10-5-4-6-11(8-10)12(13,14)15;1-3-15-12-8-10(5-4-9(2)13)6-7-11(12)14;/h4-6,8-9,16H,3,7H2,1-2H3;6-8,14H,3-5H2,1-2H3;1H. The van der Waals surface area contributed by atoms with Crippen molar-refractivity contribution in [1.29, 1.82) is 0 Å². The van der Waals surface area contributed by atoms with E-state index in [1.165, 1.54) is 12.1 Å². The van der Waals surface area contributed by atoms with Crippen LogP contribution in [0.25, 0.3) is 0 Å². The Hall–Kier alpha value is -2.25. The second-order valence-electron chi connectivity index (χ2n) is 7.30. The lowest BCUT2D eigenvalue weighted by molar-refractivity contribution is -0.137. The molecule has 0 saturated carbocycles. The van der Waals surface area contributed by atoms with E-state index in [9.17, 15) is 23.1 Å². The number of phenolic OH excluding ortho intramolecular Hbond substituents is 1. The molecule has 2 N–H and O–H groups in total. The molecule has 1 atom stereocenters. The summed E-state index contributed by atoms with van der Waals surface area (Å²) in [5, 5.41) is 12.6. The second kappa shape index (κ2) is 14.7. The summed E-state index contributed by atoms with van der Waals surface area (Å²) in [7, 11) is 0. The van der Waals surface area contributed by atoms with Crippen molar-refractivity contribution in [2.24, 2.45) is 0 Å². The molecule has 0 spiro atoms. The zero-order valence-corrected chi connectivity index (χ0v) is 19.8. The van der Waals surface area contributed by atoms with Crippen LogP contribution in [-0.2, 0) is 23.8 Å². The van der Waals surface area contributed by atoms with Gasteiger partial charge in [-0.3, -0.25) is 0 Å². The van der Waals surface area contributed by atoms with Gasteiger partial charge >= 0.3 is 6.18 Å². The normalized spacial score (nSPS) is 11.6. The third kappa shape index (κ3) is 11.4. The largest absolute Gasteiger partial charge is 0.504 e. The SMILES string of the molecule is CCNC(C)Cc1cccc(C(F)(F)F)c1.CCOc1cc(CCC(C)=O)ccc1O.Cl. The maximum Gasteiger partial charge on any atom is 0.416 e. The number of ether oxygens (including phenoxy) is 1. The first kappa shape index (κ1) is 29.8. The number of rotatable bonds is 9. The van der Waals surface area contributed by atoms with Gasteiger partial charge in [-0.2, -0.15) is 13.2 Å². The van der Waals surface area contributed by atoms with Crippen molar-refractivity contribution in [3.8, 4) is 11.5 Å². The maximum atomic E-state index is 12.4. The molecule has 0 amide bonds. The van der Waals surface area contributed by atoms with Gasteiger partial charge in [0.1, 0.15) is 5.78 Å². The maximum absolute atomic E-state index is 12.4. The third-order valence-electron chi connectivity index (χ3n) is 4.44. The summed E-state index contributed by atoms with van der Waals surface area (Å²) in [6, 6.07) is 10.9. The number of alkyl halides is 3. The van der Waals surface area contributed by atoms with Crippen LogP contribution in [0.3, 0.4) is 0 Å². The van der Waals surface area contributed by atoms with Gasteiger partial charge < -0.3 is 20.0 Å². The highest BCUT2D eigenvalue weighted by Gasteiger charge is 2.30. The molecule has 0 aliphatic heterocycles. The topological polar surface area (TPSA) is 58.6 Å². The van der Waals surface area contributed by atoms with Crippen molar-refractivity contribution in [2.45, 2.75) is 59.2 Å². The Balaban J connectivity index is 0.000000584. The fourth-order valence-corrected chi connectivity index (χ4v) is 2.95. The lowest BCUT2D eigenvalue weighted by Crippen LogP contribution is -2.27. The lowest BCUT2D eigenvalue weighted by atomic mass is 10.0. The number of carbonyl (C=O) groups is 1. The van der Waals surface area contributed by atoms with E-state index in [2.05, 4.69) is 5.32 Å². The van der Waals surface area contributed by atoms with Crippen molar-refractivity contribution in [3.05, 3.63) is 59.2 Å². The summed E-state index contributed by atoms with van der Waals surface area (Å²) in [5.74, 6) is 0.794. The molecule has 0 saturated heterocycles. The molecular formula is C24H33ClF3NO3. The van der Waals surface area contributed by atoms with Gasteiger partial charge in [-0.15, -0.1) is 12.4 Å². The van der Waals surface area contributed by atoms with Crippen LogP contribution in [0.15, 0.2) is 42.5 Å².